The average Bonchev–Trinajstić information content (AvgIpc) is 3.98. The normalized spacial score (nSPS) is 12.4. The molecule has 0 saturated carbocycles. The number of nitrogens with zero attached hydrogens (tertiary/aromatic N) is 4. The summed E-state index contributed by atoms with van der Waals surface area (Å²) in [5.41, 5.74) is 9.03. The van der Waals surface area contributed by atoms with E-state index in [4.69, 9.17) is 8.83 Å². The molecule has 0 atom stereocenters. The van der Waals surface area contributed by atoms with E-state index in [0.717, 1.165) is 53.0 Å². The molecule has 8 rings (SSSR count). The zero-order chi connectivity index (χ0) is 34.2. The zero-order valence-corrected chi connectivity index (χ0v) is 29.1. The van der Waals surface area contributed by atoms with Gasteiger partial charge in [-0.3, -0.25) is 9.97 Å². The van der Waals surface area contributed by atoms with Crippen LogP contribution in [0.4, 0.5) is 0 Å². The van der Waals surface area contributed by atoms with Crippen molar-refractivity contribution in [1.29, 1.82) is 10.5 Å². The Morgan fingerprint density at radius 2 is 1.06 bits per heavy atom. The number of fused-ring (bicyclic) bond motifs is 2. The molecule has 8 aromatic rings. The fourth-order valence-corrected chi connectivity index (χ4v) is 7.14. The molecule has 0 aliphatic heterocycles. The van der Waals surface area contributed by atoms with Crippen molar-refractivity contribution in [3.05, 3.63) is 154 Å². The van der Waals surface area contributed by atoms with Crippen LogP contribution in [0.15, 0.2) is 141 Å². The number of hydrogen-bond donors (Lipinski definition) is 2. The second-order valence-corrected chi connectivity index (χ2v) is 13.2. The van der Waals surface area contributed by atoms with Crippen LogP contribution in [0.5, 0.6) is 0 Å². The number of aromatic amines is 2. The first-order valence-electron chi connectivity index (χ1n) is 15.3. The molecular weight excluding hydrogens is 756 g/mol. The third kappa shape index (κ3) is 5.37. The summed E-state index contributed by atoms with van der Waals surface area (Å²) < 4.78 is 12.8. The highest BCUT2D eigenvalue weighted by molar-refractivity contribution is 9.10. The number of nitriles is 2. The van der Waals surface area contributed by atoms with E-state index in [-0.39, 0.29) is 0 Å². The number of aromatic nitrogens is 4. The van der Waals surface area contributed by atoms with E-state index in [9.17, 15) is 10.5 Å². The van der Waals surface area contributed by atoms with Gasteiger partial charge in [-0.25, -0.2) is 0 Å². The highest BCUT2D eigenvalue weighted by Gasteiger charge is 2.29. The summed E-state index contributed by atoms with van der Waals surface area (Å²) in [4.78, 5) is 15.8. The lowest BCUT2D eigenvalue weighted by Gasteiger charge is -2.21. The van der Waals surface area contributed by atoms with Crippen LogP contribution in [0.2, 0.25) is 0 Å². The van der Waals surface area contributed by atoms with Gasteiger partial charge in [-0.15, -0.1) is 0 Å². The van der Waals surface area contributed by atoms with Gasteiger partial charge >= 0.3 is 0 Å². The highest BCUT2D eigenvalue weighted by Crippen LogP contribution is 2.48. The molecule has 0 spiro atoms. The fraction of sp³-hybridized carbons (Fsp3) is 0. The summed E-state index contributed by atoms with van der Waals surface area (Å²) in [5, 5.41) is 24.3. The molecule has 6 aromatic heterocycles. The number of nitrogens with one attached hydrogen (secondary N) is 2. The molecule has 0 unspecified atom stereocenters. The molecule has 0 saturated heterocycles. The Morgan fingerprint density at radius 3 is 1.46 bits per heavy atom. The van der Waals surface area contributed by atoms with Gasteiger partial charge in [-0.2, -0.15) is 10.5 Å². The van der Waals surface area contributed by atoms with E-state index in [1.54, 1.807) is 49.8 Å². The first-order valence-corrected chi connectivity index (χ1v) is 16.9. The monoisotopic (exact) mass is 776 g/mol. The Bertz CT molecular complexity index is 2510. The molecule has 0 amide bonds. The van der Waals surface area contributed by atoms with Crippen LogP contribution in [-0.2, 0) is 0 Å². The standard InChI is InChI=1S/C40H22Br2N6O2/c41-25-1-3-37-29(13-25)33(19-47-37)31(15-43)39(35-17-45-9-5-27(35)23-7-11-49-21-23)40(36-18-46-10-6-28(36)24-8-12-50-22-24)32(16-44)34-20-48-38-4-2-26(42)14-30(34)38/h1-14,17-22,47-48H/b39-31-,40-32+. The average molecular weight is 778 g/mol. The summed E-state index contributed by atoms with van der Waals surface area (Å²) in [6.45, 7) is 0. The van der Waals surface area contributed by atoms with Gasteiger partial charge < -0.3 is 18.8 Å². The smallest absolute Gasteiger partial charge is 0.101 e. The molecule has 8 nitrogen and oxygen atoms in total. The molecule has 2 aromatic carbocycles. The maximum atomic E-state index is 11.3. The number of hydrogen-bond acceptors (Lipinski definition) is 6. The van der Waals surface area contributed by atoms with E-state index in [0.29, 0.717) is 44.5 Å². The summed E-state index contributed by atoms with van der Waals surface area (Å²) in [5.74, 6) is 0. The lowest BCUT2D eigenvalue weighted by Crippen LogP contribution is -2.03. The van der Waals surface area contributed by atoms with Crippen molar-refractivity contribution in [3.8, 4) is 34.4 Å². The van der Waals surface area contributed by atoms with Crippen LogP contribution in [0.25, 0.3) is 66.4 Å². The van der Waals surface area contributed by atoms with Gasteiger partial charge in [0.15, 0.2) is 0 Å². The maximum absolute atomic E-state index is 11.3. The summed E-state index contributed by atoms with van der Waals surface area (Å²) >= 11 is 7.24. The van der Waals surface area contributed by atoms with Crippen molar-refractivity contribution in [2.45, 2.75) is 0 Å². The Balaban J connectivity index is 1.60. The number of allylic oxidation sites excluding steroid dienone is 4. The van der Waals surface area contributed by atoms with Crippen LogP contribution in [0.3, 0.4) is 0 Å². The quantitative estimate of drug-likeness (QED) is 0.122. The summed E-state index contributed by atoms with van der Waals surface area (Å²) in [6.07, 6.45) is 17.0. The minimum Gasteiger partial charge on any atom is -0.472 e. The maximum Gasteiger partial charge on any atom is 0.101 e. The molecule has 0 radical (unpaired) electrons. The number of rotatable bonds is 7. The third-order valence-corrected chi connectivity index (χ3v) is 9.63. The van der Waals surface area contributed by atoms with E-state index >= 15 is 0 Å². The molecule has 0 aliphatic carbocycles. The van der Waals surface area contributed by atoms with E-state index in [2.05, 4.69) is 63.9 Å². The first kappa shape index (κ1) is 31.1. The van der Waals surface area contributed by atoms with Gasteiger partial charge in [0.2, 0.25) is 0 Å². The molecule has 10 heteroatoms. The van der Waals surface area contributed by atoms with Crippen molar-refractivity contribution < 1.29 is 8.83 Å². The van der Waals surface area contributed by atoms with Crippen LogP contribution in [0.1, 0.15) is 22.3 Å². The number of pyridine rings is 2. The number of H-pyrrole nitrogens is 2. The van der Waals surface area contributed by atoms with Crippen LogP contribution in [0, 0.1) is 22.7 Å². The summed E-state index contributed by atoms with van der Waals surface area (Å²) in [6, 6.07) is 24.3. The van der Waals surface area contributed by atoms with Gasteiger partial charge in [0.05, 0.1) is 36.2 Å². The van der Waals surface area contributed by atoms with Crippen LogP contribution < -0.4 is 0 Å². The lowest BCUT2D eigenvalue weighted by molar-refractivity contribution is 0.568. The van der Waals surface area contributed by atoms with E-state index in [1.807, 2.05) is 73.1 Å². The Hall–Kier alpha value is -6.20. The topological polar surface area (TPSA) is 131 Å². The third-order valence-electron chi connectivity index (χ3n) is 8.65. The van der Waals surface area contributed by atoms with Gasteiger partial charge in [0.1, 0.15) is 12.1 Å². The molecule has 238 valence electrons. The molecule has 6 heterocycles. The minimum absolute atomic E-state index is 0.331. The second kappa shape index (κ2) is 13.0. The molecule has 0 bridgehead atoms. The Morgan fingerprint density at radius 1 is 0.600 bits per heavy atom. The first-order chi connectivity index (χ1) is 24.6. The van der Waals surface area contributed by atoms with E-state index < -0.39 is 0 Å². The SMILES string of the molecule is N#C/C(=C(/C(=C(\C#N)c1c[nH]c2ccc(Br)cc12)c1cnccc1-c1ccoc1)c1cnccc1-c1ccoc1)c1c[nH]c2ccc(Br)cc12. The molecule has 50 heavy (non-hydrogen) atoms. The van der Waals surface area contributed by atoms with Crippen molar-refractivity contribution in [2.75, 3.05) is 0 Å². The number of furan rings is 2. The summed E-state index contributed by atoms with van der Waals surface area (Å²) in [7, 11) is 0. The van der Waals surface area contributed by atoms with Crippen LogP contribution in [-0.4, -0.2) is 19.9 Å². The molecule has 0 fully saturated rings. The van der Waals surface area contributed by atoms with Gasteiger partial charge in [0, 0.05) is 112 Å². The van der Waals surface area contributed by atoms with E-state index in [1.165, 1.54) is 0 Å². The lowest BCUT2D eigenvalue weighted by atomic mass is 9.79. The number of halogens is 2. The van der Waals surface area contributed by atoms with Crippen molar-refractivity contribution in [3.63, 3.8) is 0 Å². The van der Waals surface area contributed by atoms with Gasteiger partial charge in [-0.05, 0) is 71.8 Å². The van der Waals surface area contributed by atoms with Gasteiger partial charge in [-0.1, -0.05) is 31.9 Å². The zero-order valence-electron chi connectivity index (χ0n) is 25.9. The minimum atomic E-state index is 0.331. The highest BCUT2D eigenvalue weighted by atomic mass is 79.9. The van der Waals surface area contributed by atoms with Crippen LogP contribution >= 0.6 is 31.9 Å². The van der Waals surface area contributed by atoms with Crippen molar-refractivity contribution >= 4 is 76.0 Å². The predicted molar refractivity (Wildman–Crippen MR) is 201 cm³/mol. The molecular formula is C40H22Br2N6O2. The van der Waals surface area contributed by atoms with Crippen molar-refractivity contribution in [1.82, 2.24) is 19.9 Å². The predicted octanol–water partition coefficient (Wildman–Crippen LogP) is 11.1. The fourth-order valence-electron chi connectivity index (χ4n) is 6.42. The molecule has 2 N–H and O–H groups in total. The number of benzene rings is 2. The van der Waals surface area contributed by atoms with Gasteiger partial charge in [0.25, 0.3) is 0 Å². The Labute approximate surface area is 302 Å². The largest absolute Gasteiger partial charge is 0.472 e. The second-order valence-electron chi connectivity index (χ2n) is 11.4. The van der Waals surface area contributed by atoms with Crippen molar-refractivity contribution in [2.24, 2.45) is 0 Å². The molecule has 0 aliphatic rings. The Kier molecular flexibility index (Phi) is 8.09.